The summed E-state index contributed by atoms with van der Waals surface area (Å²) in [6.07, 6.45) is 2.02. The monoisotopic (exact) mass is 921 g/mol. The van der Waals surface area contributed by atoms with E-state index in [1.54, 1.807) is 30.5 Å². The fourth-order valence-electron chi connectivity index (χ4n) is 6.89. The first-order valence-corrected chi connectivity index (χ1v) is 21.9. The van der Waals surface area contributed by atoms with E-state index in [1.807, 2.05) is 79.0 Å². The first-order valence-electron chi connectivity index (χ1n) is 19.4. The molecule has 0 atom stereocenters. The van der Waals surface area contributed by atoms with Gasteiger partial charge in [-0.3, -0.25) is 0 Å². The summed E-state index contributed by atoms with van der Waals surface area (Å²) in [5, 5.41) is 5.64. The Labute approximate surface area is 344 Å². The quantitative estimate of drug-likeness (QED) is 0.123. The standard InChI is InChI=1S/C30H20NO.C20H18NOSi.Ir/c1-3-8-21(9-4-1)18-22-16-17-31-28(19-22)27-13-7-12-26-25-15-14-24(20-29(25)32-30(26)27)23-10-5-2-6-11-23;1-23(2,3)15-9-10-18(21-13-15)14-8-11-20-17(12-14)16-6-4-5-7-19(16)22-20;/h1-12,14-17,19-20H,18H2;4-7,9-13H,1-3H3;/q2*-1;/i18D2;;. The number of nitrogens with zero attached hydrogens (tertiary/aromatic N) is 2. The van der Waals surface area contributed by atoms with Crippen LogP contribution in [0.15, 0.2) is 173 Å². The largest absolute Gasteiger partial charge is 0.501 e. The molecule has 275 valence electrons. The molecule has 4 aromatic heterocycles. The number of furan rings is 2. The van der Waals surface area contributed by atoms with Crippen molar-refractivity contribution in [3.05, 3.63) is 187 Å². The Morgan fingerprint density at radius 1 is 0.589 bits per heavy atom. The maximum absolute atomic E-state index is 8.73. The molecule has 1 radical (unpaired) electrons. The number of hydrogen-bond donors (Lipinski definition) is 0. The Morgan fingerprint density at radius 3 is 2.14 bits per heavy atom. The molecule has 0 saturated carbocycles. The van der Waals surface area contributed by atoms with Gasteiger partial charge >= 0.3 is 0 Å². The first-order chi connectivity index (χ1) is 27.6. The molecular formula is C50H38IrN2O2Si-2. The van der Waals surface area contributed by atoms with Crippen LogP contribution in [-0.2, 0) is 26.5 Å². The van der Waals surface area contributed by atoms with Crippen LogP contribution in [-0.4, -0.2) is 18.0 Å². The van der Waals surface area contributed by atoms with E-state index in [1.165, 1.54) is 5.19 Å². The van der Waals surface area contributed by atoms with Gasteiger partial charge in [-0.15, -0.1) is 42.0 Å². The van der Waals surface area contributed by atoms with E-state index in [9.17, 15) is 0 Å². The van der Waals surface area contributed by atoms with Crippen molar-refractivity contribution in [2.75, 3.05) is 0 Å². The molecule has 0 saturated heterocycles. The van der Waals surface area contributed by atoms with Gasteiger partial charge in [-0.2, -0.15) is 0 Å². The summed E-state index contributed by atoms with van der Waals surface area (Å²) in [5.74, 6) is 0. The molecule has 56 heavy (non-hydrogen) atoms. The molecule has 4 heterocycles. The van der Waals surface area contributed by atoms with E-state index in [4.69, 9.17) is 11.6 Å². The van der Waals surface area contributed by atoms with Crippen LogP contribution in [0.1, 0.15) is 13.9 Å². The Morgan fingerprint density at radius 2 is 1.36 bits per heavy atom. The Balaban J connectivity index is 0.000000171. The summed E-state index contributed by atoms with van der Waals surface area (Å²) in [5.41, 5.74) is 9.96. The van der Waals surface area contributed by atoms with Crippen LogP contribution in [0.5, 0.6) is 0 Å². The summed E-state index contributed by atoms with van der Waals surface area (Å²) in [4.78, 5) is 9.20. The summed E-state index contributed by atoms with van der Waals surface area (Å²) >= 11 is 0. The van der Waals surface area contributed by atoms with Crippen LogP contribution in [0.25, 0.3) is 77.5 Å². The third-order valence-electron chi connectivity index (χ3n) is 9.83. The van der Waals surface area contributed by atoms with Gasteiger partial charge in [-0.05, 0) is 63.4 Å². The van der Waals surface area contributed by atoms with Gasteiger partial charge in [0.25, 0.3) is 0 Å². The van der Waals surface area contributed by atoms with Crippen molar-refractivity contribution in [3.8, 4) is 33.6 Å². The Bertz CT molecular complexity index is 3030. The zero-order chi connectivity index (χ0) is 39.1. The molecule has 0 spiro atoms. The average molecular weight is 921 g/mol. The summed E-state index contributed by atoms with van der Waals surface area (Å²) < 4.78 is 29.7. The zero-order valence-corrected chi connectivity index (χ0v) is 34.5. The predicted molar refractivity (Wildman–Crippen MR) is 229 cm³/mol. The molecule has 0 fully saturated rings. The van der Waals surface area contributed by atoms with Gasteiger partial charge in [0.15, 0.2) is 0 Å². The smallest absolute Gasteiger partial charge is 0.121 e. The number of fused-ring (bicyclic) bond motifs is 6. The van der Waals surface area contributed by atoms with E-state index < -0.39 is 14.4 Å². The number of aromatic nitrogens is 2. The maximum Gasteiger partial charge on any atom is 0.121 e. The first kappa shape index (κ1) is 34.6. The van der Waals surface area contributed by atoms with Crippen molar-refractivity contribution < 1.29 is 31.7 Å². The molecule has 6 aromatic carbocycles. The molecule has 0 aliphatic carbocycles. The number of rotatable bonds is 6. The fourth-order valence-corrected chi connectivity index (χ4v) is 7.92. The van der Waals surface area contributed by atoms with E-state index in [2.05, 4.69) is 96.3 Å². The fraction of sp³-hybridized carbons (Fsp3) is 0.0800. The van der Waals surface area contributed by atoms with Gasteiger partial charge < -0.3 is 18.8 Å². The van der Waals surface area contributed by atoms with Crippen LogP contribution in [0.2, 0.25) is 19.6 Å². The summed E-state index contributed by atoms with van der Waals surface area (Å²) in [6.45, 7) is 7.00. The van der Waals surface area contributed by atoms with Gasteiger partial charge in [0.05, 0.1) is 19.2 Å². The van der Waals surface area contributed by atoms with Crippen molar-refractivity contribution in [1.82, 2.24) is 9.97 Å². The SMILES string of the molecule is C[Si](C)(C)c1ccc(-c2[c-]cc3oc4ccccc4c3c2)nc1.[2H]C([2H])(c1ccccc1)c1ccnc(-c2[c-]ccc3c2oc2cc(-c4ccccc4)ccc23)c1.[Ir]. The summed E-state index contributed by atoms with van der Waals surface area (Å²) in [6, 6.07) is 56.1. The van der Waals surface area contributed by atoms with Gasteiger partial charge in [-0.25, -0.2) is 0 Å². The van der Waals surface area contributed by atoms with Crippen LogP contribution in [0.3, 0.4) is 0 Å². The molecule has 4 nitrogen and oxygen atoms in total. The van der Waals surface area contributed by atoms with Crippen molar-refractivity contribution >= 4 is 57.1 Å². The Kier molecular flexibility index (Phi) is 9.68. The second-order valence-corrected chi connectivity index (χ2v) is 19.7. The van der Waals surface area contributed by atoms with E-state index >= 15 is 0 Å². The maximum atomic E-state index is 8.73. The molecule has 10 rings (SSSR count). The minimum atomic E-state index is -1.65. The number of pyridine rings is 2. The van der Waals surface area contributed by atoms with Gasteiger partial charge in [0, 0.05) is 46.0 Å². The van der Waals surface area contributed by atoms with Crippen LogP contribution in [0.4, 0.5) is 0 Å². The van der Waals surface area contributed by atoms with E-state index in [0.717, 1.165) is 66.2 Å². The van der Waals surface area contributed by atoms with Crippen molar-refractivity contribution in [2.45, 2.75) is 26.0 Å². The molecule has 0 aliphatic heterocycles. The van der Waals surface area contributed by atoms with Crippen molar-refractivity contribution in [2.24, 2.45) is 0 Å². The molecule has 10 aromatic rings. The number of hydrogen-bond acceptors (Lipinski definition) is 4. The second-order valence-electron chi connectivity index (χ2n) is 14.6. The molecule has 0 unspecified atom stereocenters. The molecule has 0 aliphatic rings. The van der Waals surface area contributed by atoms with Gasteiger partial charge in [0.1, 0.15) is 11.2 Å². The van der Waals surface area contributed by atoms with Crippen molar-refractivity contribution in [3.63, 3.8) is 0 Å². The third-order valence-corrected chi connectivity index (χ3v) is 11.9. The second kappa shape index (κ2) is 15.7. The van der Waals surface area contributed by atoms with Crippen molar-refractivity contribution in [1.29, 1.82) is 0 Å². The topological polar surface area (TPSA) is 52.1 Å². The average Bonchev–Trinajstić information content (AvgIpc) is 3.82. The normalized spacial score (nSPS) is 12.2. The summed E-state index contributed by atoms with van der Waals surface area (Å²) in [7, 11) is -1.31. The van der Waals surface area contributed by atoms with E-state index in [-0.39, 0.29) is 20.1 Å². The molecule has 0 bridgehead atoms. The van der Waals surface area contributed by atoms with Crippen LogP contribution >= 0.6 is 0 Å². The van der Waals surface area contributed by atoms with Gasteiger partial charge in [0.2, 0.25) is 0 Å². The number of benzene rings is 6. The molecule has 0 amide bonds. The Hall–Kier alpha value is -5.91. The number of para-hydroxylation sites is 1. The van der Waals surface area contributed by atoms with Gasteiger partial charge in [-0.1, -0.05) is 145 Å². The van der Waals surface area contributed by atoms with E-state index in [0.29, 0.717) is 22.4 Å². The minimum absolute atomic E-state index is 0. The molecular weight excluding hydrogens is 881 g/mol. The van der Waals surface area contributed by atoms with Crippen LogP contribution < -0.4 is 5.19 Å². The molecule has 0 N–H and O–H groups in total. The predicted octanol–water partition coefficient (Wildman–Crippen LogP) is 12.7. The third kappa shape index (κ3) is 7.52. The molecule has 6 heteroatoms. The minimum Gasteiger partial charge on any atom is -0.501 e. The zero-order valence-electron chi connectivity index (χ0n) is 33.1. The van der Waals surface area contributed by atoms with Crippen LogP contribution in [0, 0.1) is 12.1 Å².